The van der Waals surface area contributed by atoms with Crippen LogP contribution in [0.2, 0.25) is 5.02 Å². The van der Waals surface area contributed by atoms with Gasteiger partial charge in [0.25, 0.3) is 0 Å². The van der Waals surface area contributed by atoms with Crippen molar-refractivity contribution in [3.8, 4) is 11.5 Å². The Morgan fingerprint density at radius 3 is 2.62 bits per heavy atom. The fourth-order valence-corrected chi connectivity index (χ4v) is 2.41. The normalized spacial score (nSPS) is 10.7. The smallest absolute Gasteiger partial charge is 0.236 e. The van der Waals surface area contributed by atoms with Crippen molar-refractivity contribution < 1.29 is 14.3 Å². The van der Waals surface area contributed by atoms with Gasteiger partial charge in [0.05, 0.1) is 13.3 Å². The molecule has 126 valence electrons. The molecule has 2 rings (SSSR count). The first-order chi connectivity index (χ1) is 11.5. The highest BCUT2D eigenvalue weighted by Crippen LogP contribution is 2.33. The lowest BCUT2D eigenvalue weighted by Gasteiger charge is -2.13. The maximum absolute atomic E-state index is 10.8. The molecule has 0 aromatic heterocycles. The second-order valence-corrected chi connectivity index (χ2v) is 6.16. The van der Waals surface area contributed by atoms with E-state index in [-0.39, 0.29) is 5.91 Å². The molecule has 7 heteroatoms. The van der Waals surface area contributed by atoms with Gasteiger partial charge in [-0.1, -0.05) is 23.7 Å². The van der Waals surface area contributed by atoms with E-state index >= 15 is 0 Å². The fourth-order valence-electron chi connectivity index (χ4n) is 1.86. The van der Waals surface area contributed by atoms with Crippen molar-refractivity contribution in [1.29, 1.82) is 0 Å². The van der Waals surface area contributed by atoms with Crippen molar-refractivity contribution in [2.45, 2.75) is 13.5 Å². The predicted molar refractivity (Wildman–Crippen MR) is 97.9 cm³/mol. The molecule has 2 aromatic carbocycles. The zero-order valence-corrected chi connectivity index (χ0v) is 15.5. The summed E-state index contributed by atoms with van der Waals surface area (Å²) in [5.74, 6) is 0.921. The molecule has 0 fully saturated rings. The average Bonchev–Trinajstić information content (AvgIpc) is 2.55. The number of halogens is 2. The molecule has 0 heterocycles. The SMILES string of the molecule is COc1cc(/C=N/NC(C)=O)c(Br)cc1OCc1ccc(Cl)cc1. The largest absolute Gasteiger partial charge is 0.493 e. The Morgan fingerprint density at radius 1 is 1.29 bits per heavy atom. The molecule has 1 amide bonds. The zero-order chi connectivity index (χ0) is 17.5. The standard InChI is InChI=1S/C17H16BrClN2O3/c1-11(22)21-20-9-13-7-16(23-2)17(8-15(13)18)24-10-12-3-5-14(19)6-4-12/h3-9H,10H2,1-2H3,(H,21,22)/b20-9+. The Labute approximate surface area is 153 Å². The van der Waals surface area contributed by atoms with Gasteiger partial charge in [0, 0.05) is 22.0 Å². The second kappa shape index (κ2) is 8.70. The molecule has 0 saturated carbocycles. The van der Waals surface area contributed by atoms with E-state index in [1.807, 2.05) is 24.3 Å². The van der Waals surface area contributed by atoms with Gasteiger partial charge in [-0.2, -0.15) is 5.10 Å². The fraction of sp³-hybridized carbons (Fsp3) is 0.176. The van der Waals surface area contributed by atoms with Crippen LogP contribution in [-0.4, -0.2) is 19.2 Å². The number of carbonyl (C=O) groups is 1. The topological polar surface area (TPSA) is 59.9 Å². The van der Waals surface area contributed by atoms with Crippen molar-refractivity contribution in [3.05, 3.63) is 57.0 Å². The molecule has 0 radical (unpaired) electrons. The number of amides is 1. The number of nitrogens with one attached hydrogen (secondary N) is 1. The van der Waals surface area contributed by atoms with Crippen LogP contribution in [-0.2, 0) is 11.4 Å². The number of hydrogen-bond acceptors (Lipinski definition) is 4. The van der Waals surface area contributed by atoms with Crippen LogP contribution in [0.1, 0.15) is 18.1 Å². The molecule has 0 aliphatic rings. The summed E-state index contributed by atoms with van der Waals surface area (Å²) in [6.07, 6.45) is 1.52. The zero-order valence-electron chi connectivity index (χ0n) is 13.2. The molecule has 0 saturated heterocycles. The van der Waals surface area contributed by atoms with E-state index in [0.29, 0.717) is 23.1 Å². The number of carbonyl (C=O) groups excluding carboxylic acids is 1. The summed E-state index contributed by atoms with van der Waals surface area (Å²) >= 11 is 9.33. The summed E-state index contributed by atoms with van der Waals surface area (Å²) in [6.45, 7) is 1.78. The van der Waals surface area contributed by atoms with E-state index in [1.54, 1.807) is 19.2 Å². The highest BCUT2D eigenvalue weighted by Gasteiger charge is 2.10. The van der Waals surface area contributed by atoms with Crippen molar-refractivity contribution in [1.82, 2.24) is 5.43 Å². The Bertz CT molecular complexity index is 748. The lowest BCUT2D eigenvalue weighted by molar-refractivity contribution is -0.118. The molecule has 0 unspecified atom stereocenters. The van der Waals surface area contributed by atoms with Crippen LogP contribution in [0.15, 0.2) is 46.0 Å². The van der Waals surface area contributed by atoms with Gasteiger partial charge in [0.15, 0.2) is 11.5 Å². The Morgan fingerprint density at radius 2 is 2.00 bits per heavy atom. The number of nitrogens with zero attached hydrogens (tertiary/aromatic N) is 1. The molecule has 0 bridgehead atoms. The summed E-state index contributed by atoms with van der Waals surface area (Å²) < 4.78 is 11.9. The maximum atomic E-state index is 10.8. The van der Waals surface area contributed by atoms with Gasteiger partial charge in [-0.15, -0.1) is 0 Å². The summed E-state index contributed by atoms with van der Waals surface area (Å²) in [7, 11) is 1.56. The molecule has 5 nitrogen and oxygen atoms in total. The Hall–Kier alpha value is -2.05. The first-order valence-electron chi connectivity index (χ1n) is 7.04. The quantitative estimate of drug-likeness (QED) is 0.573. The molecule has 0 aliphatic carbocycles. The van der Waals surface area contributed by atoms with Gasteiger partial charge in [-0.25, -0.2) is 5.43 Å². The summed E-state index contributed by atoms with van der Waals surface area (Å²) in [4.78, 5) is 10.8. The monoisotopic (exact) mass is 410 g/mol. The van der Waals surface area contributed by atoms with Crippen molar-refractivity contribution in [2.24, 2.45) is 5.10 Å². The first kappa shape index (κ1) is 18.3. The van der Waals surface area contributed by atoms with Crippen LogP contribution < -0.4 is 14.9 Å². The van der Waals surface area contributed by atoms with E-state index in [1.165, 1.54) is 13.1 Å². The molecular formula is C17H16BrClN2O3. The number of methoxy groups -OCH3 is 1. The van der Waals surface area contributed by atoms with Crippen LogP contribution in [0.5, 0.6) is 11.5 Å². The Kier molecular flexibility index (Phi) is 6.63. The third-order valence-corrected chi connectivity index (χ3v) is 3.95. The molecule has 0 aliphatic heterocycles. The minimum atomic E-state index is -0.239. The minimum Gasteiger partial charge on any atom is -0.493 e. The number of rotatable bonds is 6. The van der Waals surface area contributed by atoms with E-state index in [0.717, 1.165) is 15.6 Å². The van der Waals surface area contributed by atoms with E-state index in [2.05, 4.69) is 26.5 Å². The predicted octanol–water partition coefficient (Wildman–Crippen LogP) is 4.16. The number of benzene rings is 2. The van der Waals surface area contributed by atoms with Crippen LogP contribution in [0, 0.1) is 0 Å². The molecule has 1 N–H and O–H groups in total. The summed E-state index contributed by atoms with van der Waals surface area (Å²) in [5, 5.41) is 4.53. The van der Waals surface area contributed by atoms with E-state index < -0.39 is 0 Å². The van der Waals surface area contributed by atoms with Gasteiger partial charge in [0.1, 0.15) is 6.61 Å². The van der Waals surface area contributed by atoms with Crippen molar-refractivity contribution >= 4 is 39.7 Å². The van der Waals surface area contributed by atoms with Crippen LogP contribution >= 0.6 is 27.5 Å². The van der Waals surface area contributed by atoms with Crippen molar-refractivity contribution in [3.63, 3.8) is 0 Å². The maximum Gasteiger partial charge on any atom is 0.236 e. The number of hydrazone groups is 1. The van der Waals surface area contributed by atoms with Crippen LogP contribution in [0.3, 0.4) is 0 Å². The lowest BCUT2D eigenvalue weighted by atomic mass is 10.2. The van der Waals surface area contributed by atoms with Gasteiger partial charge in [-0.05, 0) is 45.8 Å². The molecule has 0 spiro atoms. The van der Waals surface area contributed by atoms with Gasteiger partial charge < -0.3 is 9.47 Å². The lowest BCUT2D eigenvalue weighted by Crippen LogP contribution is -2.12. The third kappa shape index (κ3) is 5.25. The first-order valence-corrected chi connectivity index (χ1v) is 8.21. The summed E-state index contributed by atoms with van der Waals surface area (Å²) in [5.41, 5.74) is 4.10. The molecule has 0 atom stereocenters. The highest BCUT2D eigenvalue weighted by molar-refractivity contribution is 9.10. The van der Waals surface area contributed by atoms with Crippen LogP contribution in [0.4, 0.5) is 0 Å². The third-order valence-electron chi connectivity index (χ3n) is 3.02. The van der Waals surface area contributed by atoms with E-state index in [4.69, 9.17) is 21.1 Å². The molecule has 24 heavy (non-hydrogen) atoms. The minimum absolute atomic E-state index is 0.239. The van der Waals surface area contributed by atoms with Gasteiger partial charge >= 0.3 is 0 Å². The summed E-state index contributed by atoms with van der Waals surface area (Å²) in [6, 6.07) is 11.0. The average molecular weight is 412 g/mol. The Balaban J connectivity index is 2.15. The highest BCUT2D eigenvalue weighted by atomic mass is 79.9. The van der Waals surface area contributed by atoms with E-state index in [9.17, 15) is 4.79 Å². The second-order valence-electron chi connectivity index (χ2n) is 4.87. The van der Waals surface area contributed by atoms with Gasteiger partial charge in [0.2, 0.25) is 5.91 Å². The molecule has 2 aromatic rings. The van der Waals surface area contributed by atoms with Crippen molar-refractivity contribution in [2.75, 3.05) is 7.11 Å². The van der Waals surface area contributed by atoms with Gasteiger partial charge in [-0.3, -0.25) is 4.79 Å². The number of ether oxygens (including phenoxy) is 2. The van der Waals surface area contributed by atoms with Crippen LogP contribution in [0.25, 0.3) is 0 Å². The number of hydrogen-bond donors (Lipinski definition) is 1. The molecular weight excluding hydrogens is 396 g/mol.